The normalized spacial score (nSPS) is 10.6. The van der Waals surface area contributed by atoms with Gasteiger partial charge in [-0.2, -0.15) is 0 Å². The highest BCUT2D eigenvalue weighted by molar-refractivity contribution is 7.11. The maximum Gasteiger partial charge on any atom is 0.182 e. The van der Waals surface area contributed by atoms with Gasteiger partial charge in [0.2, 0.25) is 0 Å². The van der Waals surface area contributed by atoms with Crippen LogP contribution in [-0.4, -0.2) is 0 Å². The topological polar surface area (TPSA) is 12.0 Å². The van der Waals surface area contributed by atoms with Crippen molar-refractivity contribution in [2.24, 2.45) is 0 Å². The Morgan fingerprint density at radius 1 is 1.18 bits per heavy atom. The van der Waals surface area contributed by atoms with E-state index in [9.17, 15) is 13.2 Å². The van der Waals surface area contributed by atoms with Crippen LogP contribution in [0, 0.1) is 24.4 Å². The second kappa shape index (κ2) is 4.79. The van der Waals surface area contributed by atoms with Gasteiger partial charge < -0.3 is 5.32 Å². The second-order valence-corrected chi connectivity index (χ2v) is 4.99. The zero-order chi connectivity index (χ0) is 12.4. The van der Waals surface area contributed by atoms with Crippen LogP contribution in [0.3, 0.4) is 0 Å². The van der Waals surface area contributed by atoms with Crippen molar-refractivity contribution in [3.8, 4) is 0 Å². The van der Waals surface area contributed by atoms with Crippen LogP contribution in [-0.2, 0) is 6.54 Å². The molecule has 0 aliphatic carbocycles. The van der Waals surface area contributed by atoms with Gasteiger partial charge in [-0.25, -0.2) is 13.2 Å². The van der Waals surface area contributed by atoms with E-state index < -0.39 is 17.5 Å². The van der Waals surface area contributed by atoms with E-state index in [4.69, 9.17) is 0 Å². The Hall–Kier alpha value is -1.49. The number of rotatable bonds is 3. The molecule has 0 bridgehead atoms. The van der Waals surface area contributed by atoms with Gasteiger partial charge in [-0.3, -0.25) is 0 Å². The first-order valence-corrected chi connectivity index (χ1v) is 5.81. The average molecular weight is 257 g/mol. The molecular formula is C12H10F3NS. The monoisotopic (exact) mass is 257 g/mol. The molecule has 0 amide bonds. The van der Waals surface area contributed by atoms with Crippen molar-refractivity contribution in [1.82, 2.24) is 0 Å². The molecule has 0 saturated heterocycles. The minimum Gasteiger partial charge on any atom is -0.378 e. The minimum atomic E-state index is -1.19. The van der Waals surface area contributed by atoms with E-state index in [1.54, 1.807) is 11.3 Å². The number of aryl methyl sites for hydroxylation is 1. The zero-order valence-electron chi connectivity index (χ0n) is 9.06. The number of halogens is 3. The van der Waals surface area contributed by atoms with Gasteiger partial charge in [-0.05, 0) is 19.1 Å². The van der Waals surface area contributed by atoms with Gasteiger partial charge in [-0.15, -0.1) is 11.3 Å². The van der Waals surface area contributed by atoms with Crippen LogP contribution in [0.15, 0.2) is 24.3 Å². The molecule has 0 radical (unpaired) electrons. The van der Waals surface area contributed by atoms with E-state index >= 15 is 0 Å². The number of anilines is 1. The largest absolute Gasteiger partial charge is 0.378 e. The van der Waals surface area contributed by atoms with Crippen molar-refractivity contribution in [2.45, 2.75) is 13.5 Å². The van der Waals surface area contributed by atoms with Gasteiger partial charge in [0.05, 0.1) is 5.69 Å². The maximum atomic E-state index is 13.3. The van der Waals surface area contributed by atoms with Gasteiger partial charge >= 0.3 is 0 Å². The highest BCUT2D eigenvalue weighted by Gasteiger charge is 2.10. The van der Waals surface area contributed by atoms with Crippen LogP contribution in [0.25, 0.3) is 0 Å². The van der Waals surface area contributed by atoms with Crippen molar-refractivity contribution in [2.75, 3.05) is 5.32 Å². The van der Waals surface area contributed by atoms with Crippen LogP contribution in [0.2, 0.25) is 0 Å². The van der Waals surface area contributed by atoms with E-state index in [0.717, 1.165) is 15.8 Å². The minimum absolute atomic E-state index is 0.159. The summed E-state index contributed by atoms with van der Waals surface area (Å²) in [6.07, 6.45) is 0. The van der Waals surface area contributed by atoms with Crippen LogP contribution >= 0.6 is 11.3 Å². The second-order valence-electron chi connectivity index (χ2n) is 3.62. The van der Waals surface area contributed by atoms with Crippen LogP contribution < -0.4 is 5.32 Å². The smallest absolute Gasteiger partial charge is 0.182 e. The molecule has 1 aromatic carbocycles. The fraction of sp³-hybridized carbons (Fsp3) is 0.167. The Morgan fingerprint density at radius 2 is 1.94 bits per heavy atom. The van der Waals surface area contributed by atoms with Gasteiger partial charge in [0.25, 0.3) is 0 Å². The molecule has 0 aliphatic rings. The summed E-state index contributed by atoms with van der Waals surface area (Å²) in [7, 11) is 0. The summed E-state index contributed by atoms with van der Waals surface area (Å²) in [5.74, 6) is -3.04. The third kappa shape index (κ3) is 2.79. The number of thiophene rings is 1. The third-order valence-corrected chi connectivity index (χ3v) is 3.24. The molecule has 0 saturated carbocycles. The van der Waals surface area contributed by atoms with Crippen molar-refractivity contribution in [3.63, 3.8) is 0 Å². The fourth-order valence-corrected chi connectivity index (χ4v) is 2.28. The predicted octanol–water partition coefficient (Wildman–Crippen LogP) is 4.09. The first-order valence-electron chi connectivity index (χ1n) is 5.00. The van der Waals surface area contributed by atoms with Crippen LogP contribution in [0.4, 0.5) is 18.9 Å². The molecule has 2 rings (SSSR count). The molecule has 0 aliphatic heterocycles. The van der Waals surface area contributed by atoms with Crippen molar-refractivity contribution in [1.29, 1.82) is 0 Å². The highest BCUT2D eigenvalue weighted by Crippen LogP contribution is 2.21. The van der Waals surface area contributed by atoms with E-state index in [1.807, 2.05) is 19.1 Å². The first-order chi connectivity index (χ1) is 8.06. The summed E-state index contributed by atoms with van der Waals surface area (Å²) in [6.45, 7) is 2.30. The summed E-state index contributed by atoms with van der Waals surface area (Å²) in [4.78, 5) is 2.11. The highest BCUT2D eigenvalue weighted by atomic mass is 32.1. The van der Waals surface area contributed by atoms with Gasteiger partial charge in [-0.1, -0.05) is 0 Å². The number of nitrogens with one attached hydrogen (secondary N) is 1. The maximum absolute atomic E-state index is 13.3. The Bertz CT molecular complexity index is 537. The predicted molar refractivity (Wildman–Crippen MR) is 62.7 cm³/mol. The van der Waals surface area contributed by atoms with E-state index in [0.29, 0.717) is 12.6 Å². The number of benzene rings is 1. The number of hydrogen-bond donors (Lipinski definition) is 1. The summed E-state index contributed by atoms with van der Waals surface area (Å²) >= 11 is 1.55. The van der Waals surface area contributed by atoms with Crippen LogP contribution in [0.5, 0.6) is 0 Å². The third-order valence-electron chi connectivity index (χ3n) is 2.24. The van der Waals surface area contributed by atoms with Gasteiger partial charge in [0, 0.05) is 28.4 Å². The van der Waals surface area contributed by atoms with Crippen LogP contribution in [0.1, 0.15) is 9.75 Å². The van der Waals surface area contributed by atoms with E-state index in [1.165, 1.54) is 0 Å². The molecule has 17 heavy (non-hydrogen) atoms. The summed E-state index contributed by atoms with van der Waals surface area (Å²) in [5, 5.41) is 2.68. The Kier molecular flexibility index (Phi) is 3.38. The van der Waals surface area contributed by atoms with Gasteiger partial charge in [0.15, 0.2) is 11.6 Å². The molecule has 0 spiro atoms. The molecule has 1 aromatic heterocycles. The molecule has 1 nitrogen and oxygen atoms in total. The molecule has 1 N–H and O–H groups in total. The standard InChI is InChI=1S/C12H10F3NS/c1-7-2-3-9(17-7)6-16-11-5-8(13)4-10(14)12(11)15/h2-5,16H,6H2,1H3. The SMILES string of the molecule is Cc1ccc(CNc2cc(F)cc(F)c2F)s1. The lowest BCUT2D eigenvalue weighted by atomic mass is 10.2. The van der Waals surface area contributed by atoms with Crippen molar-refractivity contribution in [3.05, 3.63) is 51.5 Å². The zero-order valence-corrected chi connectivity index (χ0v) is 9.88. The lowest BCUT2D eigenvalue weighted by Crippen LogP contribution is -2.02. The molecule has 1 heterocycles. The quantitative estimate of drug-likeness (QED) is 0.817. The van der Waals surface area contributed by atoms with Gasteiger partial charge in [0.1, 0.15) is 5.82 Å². The summed E-state index contributed by atoms with van der Waals surface area (Å²) < 4.78 is 39.1. The summed E-state index contributed by atoms with van der Waals surface area (Å²) in [5.41, 5.74) is -0.159. The lowest BCUT2D eigenvalue weighted by molar-refractivity contribution is 0.497. The van der Waals surface area contributed by atoms with E-state index in [-0.39, 0.29) is 5.69 Å². The summed E-state index contributed by atoms with van der Waals surface area (Å²) in [6, 6.07) is 5.29. The molecule has 5 heteroatoms. The average Bonchev–Trinajstić information content (AvgIpc) is 2.67. The lowest BCUT2D eigenvalue weighted by Gasteiger charge is -2.07. The Balaban J connectivity index is 2.14. The van der Waals surface area contributed by atoms with Crippen molar-refractivity contribution < 1.29 is 13.2 Å². The Labute approximate surface area is 101 Å². The first kappa shape index (κ1) is 12.0. The molecule has 2 aromatic rings. The molecule has 90 valence electrons. The van der Waals surface area contributed by atoms with Crippen molar-refractivity contribution >= 4 is 17.0 Å². The molecule has 0 fully saturated rings. The molecule has 0 unspecified atom stereocenters. The number of hydrogen-bond acceptors (Lipinski definition) is 2. The molecule has 0 atom stereocenters. The van der Waals surface area contributed by atoms with E-state index in [2.05, 4.69) is 5.32 Å². The Morgan fingerprint density at radius 3 is 2.59 bits per heavy atom. The fourth-order valence-electron chi connectivity index (χ4n) is 1.45. The molecular weight excluding hydrogens is 247 g/mol.